The lowest BCUT2D eigenvalue weighted by molar-refractivity contribution is -0.124. The summed E-state index contributed by atoms with van der Waals surface area (Å²) in [5, 5.41) is 20.2. The summed E-state index contributed by atoms with van der Waals surface area (Å²) < 4.78 is 0. The number of rotatable bonds is 8. The molecule has 1 heterocycles. The van der Waals surface area contributed by atoms with E-state index in [2.05, 4.69) is 22.0 Å². The molecule has 31 heavy (non-hydrogen) atoms. The molecule has 0 spiro atoms. The molecule has 6 nitrogen and oxygen atoms in total. The highest BCUT2D eigenvalue weighted by Gasteiger charge is 2.27. The monoisotopic (exact) mass is 439 g/mol. The maximum absolute atomic E-state index is 11.2. The van der Waals surface area contributed by atoms with Crippen molar-refractivity contribution in [2.45, 2.75) is 25.3 Å². The van der Waals surface area contributed by atoms with Gasteiger partial charge < -0.3 is 10.1 Å². The van der Waals surface area contributed by atoms with Crippen LogP contribution in [-0.4, -0.2) is 45.8 Å². The van der Waals surface area contributed by atoms with Crippen LogP contribution in [0.3, 0.4) is 0 Å². The maximum atomic E-state index is 11.2. The molecular weight excluding hydrogens is 414 g/mol. The Balaban J connectivity index is 1.50. The molecule has 162 valence electrons. The number of aliphatic hydroxyl groups excluding tert-OH is 1. The SMILES string of the molecule is O=C(C=Cc1ccc2c(c1)CC[C@H]2N(CCO)CCc1c[nH]c2ccc(Cl)cc12)NO. The Kier molecular flexibility index (Phi) is 6.73. The number of aromatic nitrogens is 1. The fraction of sp³-hybridized carbons (Fsp3) is 0.292. The molecule has 0 saturated carbocycles. The minimum absolute atomic E-state index is 0.114. The second-order valence-corrected chi connectivity index (χ2v) is 8.27. The van der Waals surface area contributed by atoms with Gasteiger partial charge in [0.2, 0.25) is 0 Å². The lowest BCUT2D eigenvalue weighted by atomic mass is 10.0. The number of carbonyl (C=O) groups is 1. The topological polar surface area (TPSA) is 88.6 Å². The minimum atomic E-state index is -0.550. The molecule has 0 saturated heterocycles. The largest absolute Gasteiger partial charge is 0.395 e. The van der Waals surface area contributed by atoms with E-state index >= 15 is 0 Å². The van der Waals surface area contributed by atoms with Gasteiger partial charge >= 0.3 is 0 Å². The predicted molar refractivity (Wildman–Crippen MR) is 122 cm³/mol. The van der Waals surface area contributed by atoms with Gasteiger partial charge in [0.1, 0.15) is 0 Å². The maximum Gasteiger partial charge on any atom is 0.267 e. The van der Waals surface area contributed by atoms with Gasteiger partial charge in [0.05, 0.1) is 6.61 Å². The third kappa shape index (κ3) is 4.83. The fourth-order valence-corrected chi connectivity index (χ4v) is 4.65. The Labute approximate surface area is 186 Å². The number of nitrogens with one attached hydrogen (secondary N) is 2. The zero-order valence-corrected chi connectivity index (χ0v) is 17.9. The van der Waals surface area contributed by atoms with Crippen molar-refractivity contribution < 1.29 is 15.1 Å². The number of nitrogens with zero attached hydrogens (tertiary/aromatic N) is 1. The van der Waals surface area contributed by atoms with Crippen molar-refractivity contribution in [1.29, 1.82) is 0 Å². The zero-order chi connectivity index (χ0) is 21.8. The van der Waals surface area contributed by atoms with Gasteiger partial charge in [0.25, 0.3) is 5.91 Å². The van der Waals surface area contributed by atoms with Crippen molar-refractivity contribution in [3.63, 3.8) is 0 Å². The predicted octanol–water partition coefficient (Wildman–Crippen LogP) is 3.86. The number of H-pyrrole nitrogens is 1. The van der Waals surface area contributed by atoms with E-state index in [-0.39, 0.29) is 12.6 Å². The summed E-state index contributed by atoms with van der Waals surface area (Å²) in [7, 11) is 0. The van der Waals surface area contributed by atoms with E-state index in [1.807, 2.05) is 30.5 Å². The summed E-state index contributed by atoms with van der Waals surface area (Å²) in [6.45, 7) is 1.57. The van der Waals surface area contributed by atoms with E-state index in [9.17, 15) is 9.90 Å². The minimum Gasteiger partial charge on any atom is -0.395 e. The van der Waals surface area contributed by atoms with Crippen LogP contribution in [0.5, 0.6) is 0 Å². The van der Waals surface area contributed by atoms with Gasteiger partial charge in [-0.3, -0.25) is 14.9 Å². The first kappa shape index (κ1) is 21.6. The molecule has 0 fully saturated rings. The Bertz CT molecular complexity index is 1110. The van der Waals surface area contributed by atoms with Crippen molar-refractivity contribution in [2.75, 3.05) is 19.7 Å². The molecule has 1 amide bonds. The lowest BCUT2D eigenvalue weighted by Crippen LogP contribution is -2.32. The summed E-state index contributed by atoms with van der Waals surface area (Å²) >= 11 is 6.18. The third-order valence-corrected chi connectivity index (χ3v) is 6.21. The van der Waals surface area contributed by atoms with Crippen molar-refractivity contribution in [2.24, 2.45) is 0 Å². The molecule has 1 atom stereocenters. The number of amides is 1. The average Bonchev–Trinajstić information content (AvgIpc) is 3.38. The molecule has 1 aliphatic carbocycles. The molecule has 0 radical (unpaired) electrons. The van der Waals surface area contributed by atoms with Crippen molar-refractivity contribution in [3.8, 4) is 0 Å². The van der Waals surface area contributed by atoms with Crippen LogP contribution in [0, 0.1) is 0 Å². The zero-order valence-electron chi connectivity index (χ0n) is 17.1. The summed E-state index contributed by atoms with van der Waals surface area (Å²) in [4.78, 5) is 16.9. The number of aryl methyl sites for hydroxylation is 1. The Morgan fingerprint density at radius 3 is 2.94 bits per heavy atom. The first-order valence-corrected chi connectivity index (χ1v) is 10.8. The van der Waals surface area contributed by atoms with Gasteiger partial charge in [-0.2, -0.15) is 0 Å². The second-order valence-electron chi connectivity index (χ2n) is 7.84. The Morgan fingerprint density at radius 2 is 2.13 bits per heavy atom. The van der Waals surface area contributed by atoms with Crippen LogP contribution in [0.1, 0.15) is 34.7 Å². The van der Waals surface area contributed by atoms with Gasteiger partial charge in [-0.25, -0.2) is 5.48 Å². The highest BCUT2D eigenvalue weighted by Crippen LogP contribution is 2.36. The summed E-state index contributed by atoms with van der Waals surface area (Å²) in [6.07, 6.45) is 7.86. The van der Waals surface area contributed by atoms with Gasteiger partial charge in [0, 0.05) is 47.3 Å². The number of carbonyl (C=O) groups excluding carboxylic acids is 1. The summed E-state index contributed by atoms with van der Waals surface area (Å²) in [5.41, 5.74) is 7.36. The number of fused-ring (bicyclic) bond motifs is 2. The van der Waals surface area contributed by atoms with E-state index in [1.54, 1.807) is 11.6 Å². The van der Waals surface area contributed by atoms with Crippen molar-refractivity contribution in [1.82, 2.24) is 15.4 Å². The van der Waals surface area contributed by atoms with Crippen LogP contribution >= 0.6 is 11.6 Å². The normalized spacial score (nSPS) is 15.8. The first-order valence-electron chi connectivity index (χ1n) is 10.4. The molecule has 2 aromatic carbocycles. The standard InChI is InChI=1S/C24H26ClN3O3/c25-19-4-6-22-21(14-19)18(15-26-22)9-10-28(11-12-29)23-7-3-17-13-16(1-5-20(17)23)2-8-24(30)27-31/h1-2,4-6,8,13-15,23,26,29,31H,3,7,9-12H2,(H,27,30)/t23-/m1/s1. The quantitative estimate of drug-likeness (QED) is 0.244. The third-order valence-electron chi connectivity index (χ3n) is 5.98. The van der Waals surface area contributed by atoms with E-state index in [0.717, 1.165) is 47.3 Å². The van der Waals surface area contributed by atoms with E-state index in [1.165, 1.54) is 22.8 Å². The Morgan fingerprint density at radius 1 is 1.26 bits per heavy atom. The van der Waals surface area contributed by atoms with Crippen LogP contribution in [0.2, 0.25) is 5.02 Å². The molecule has 0 bridgehead atoms. The smallest absolute Gasteiger partial charge is 0.267 e. The van der Waals surface area contributed by atoms with Crippen LogP contribution in [0.4, 0.5) is 0 Å². The van der Waals surface area contributed by atoms with Gasteiger partial charge in [-0.15, -0.1) is 0 Å². The number of benzene rings is 2. The summed E-state index contributed by atoms with van der Waals surface area (Å²) in [6, 6.07) is 12.3. The Hall–Kier alpha value is -2.64. The molecule has 0 unspecified atom stereocenters. The molecule has 7 heteroatoms. The molecule has 1 aliphatic rings. The number of hydrogen-bond donors (Lipinski definition) is 4. The van der Waals surface area contributed by atoms with Gasteiger partial charge in [-0.05, 0) is 65.8 Å². The lowest BCUT2D eigenvalue weighted by Gasteiger charge is -2.29. The van der Waals surface area contributed by atoms with Crippen LogP contribution in [-0.2, 0) is 17.6 Å². The molecule has 0 aliphatic heterocycles. The van der Waals surface area contributed by atoms with E-state index in [0.29, 0.717) is 6.54 Å². The number of aliphatic hydroxyl groups is 1. The number of hydrogen-bond acceptors (Lipinski definition) is 4. The molecule has 4 N–H and O–H groups in total. The second kappa shape index (κ2) is 9.66. The van der Waals surface area contributed by atoms with Gasteiger partial charge in [0.15, 0.2) is 0 Å². The number of hydroxylamine groups is 1. The number of halogens is 1. The highest BCUT2D eigenvalue weighted by molar-refractivity contribution is 6.31. The molecule has 3 aromatic rings. The van der Waals surface area contributed by atoms with Gasteiger partial charge in [-0.1, -0.05) is 29.8 Å². The van der Waals surface area contributed by atoms with Crippen LogP contribution in [0.15, 0.2) is 48.7 Å². The fourth-order valence-electron chi connectivity index (χ4n) is 4.48. The molecule has 4 rings (SSSR count). The molecular formula is C24H26ClN3O3. The highest BCUT2D eigenvalue weighted by atomic mass is 35.5. The van der Waals surface area contributed by atoms with E-state index in [4.69, 9.17) is 16.8 Å². The number of aromatic amines is 1. The summed E-state index contributed by atoms with van der Waals surface area (Å²) in [5.74, 6) is -0.550. The van der Waals surface area contributed by atoms with E-state index < -0.39 is 5.91 Å². The van der Waals surface area contributed by atoms with Crippen molar-refractivity contribution in [3.05, 3.63) is 75.9 Å². The molecule has 1 aromatic heterocycles. The first-order chi connectivity index (χ1) is 15.1. The average molecular weight is 440 g/mol. The van der Waals surface area contributed by atoms with Crippen LogP contribution < -0.4 is 5.48 Å². The van der Waals surface area contributed by atoms with Crippen molar-refractivity contribution >= 4 is 34.5 Å². The van der Waals surface area contributed by atoms with Crippen LogP contribution in [0.25, 0.3) is 17.0 Å².